The van der Waals surface area contributed by atoms with E-state index in [0.29, 0.717) is 17.3 Å². The second-order valence-corrected chi connectivity index (χ2v) is 8.96. The Morgan fingerprint density at radius 2 is 2.24 bits per heavy atom. The van der Waals surface area contributed by atoms with E-state index >= 15 is 0 Å². The van der Waals surface area contributed by atoms with Crippen LogP contribution in [-0.2, 0) is 6.42 Å². The number of carbonyl (C=O) groups excluding carboxylic acids is 1. The van der Waals surface area contributed by atoms with E-state index in [2.05, 4.69) is 46.3 Å². The molecule has 1 N–H and O–H groups in total. The van der Waals surface area contributed by atoms with Crippen molar-refractivity contribution in [3.8, 4) is 5.75 Å². The number of nitrogens with zero attached hydrogens (tertiary/aromatic N) is 4. The van der Waals surface area contributed by atoms with Gasteiger partial charge in [-0.05, 0) is 44.7 Å². The van der Waals surface area contributed by atoms with Crippen molar-refractivity contribution in [2.75, 3.05) is 16.8 Å². The van der Waals surface area contributed by atoms with Crippen molar-refractivity contribution in [3.05, 3.63) is 47.9 Å². The molecule has 1 saturated carbocycles. The van der Waals surface area contributed by atoms with Gasteiger partial charge in [0.1, 0.15) is 16.9 Å². The van der Waals surface area contributed by atoms with Crippen LogP contribution in [-0.4, -0.2) is 38.7 Å². The number of amides is 1. The highest BCUT2D eigenvalue weighted by Crippen LogP contribution is 2.50. The molecule has 2 fully saturated rings. The average Bonchev–Trinajstić information content (AvgIpc) is 3.02. The predicted octanol–water partition coefficient (Wildman–Crippen LogP) is 3.29. The largest absolute Gasteiger partial charge is 0.487 e. The highest BCUT2D eigenvalue weighted by molar-refractivity contribution is 6.09. The molecule has 2 aromatic heterocycles. The Morgan fingerprint density at radius 1 is 1.34 bits per heavy atom. The van der Waals surface area contributed by atoms with E-state index in [-0.39, 0.29) is 11.5 Å². The first-order valence-electron chi connectivity index (χ1n) is 10.2. The van der Waals surface area contributed by atoms with Gasteiger partial charge in [-0.25, -0.2) is 9.50 Å². The van der Waals surface area contributed by atoms with E-state index in [9.17, 15) is 4.79 Å². The van der Waals surface area contributed by atoms with Gasteiger partial charge in [-0.3, -0.25) is 4.79 Å². The first-order valence-corrected chi connectivity index (χ1v) is 10.2. The van der Waals surface area contributed by atoms with Gasteiger partial charge in [-0.2, -0.15) is 5.10 Å². The Balaban J connectivity index is 1.39. The Hall–Kier alpha value is -3.09. The SMILES string of the molecule is CC1(C)Cc2cc(NC(=O)c3cnn4cccnc34)c(N3CCC4CC43)cc2O1. The summed E-state index contributed by atoms with van der Waals surface area (Å²) in [5, 5.41) is 7.39. The van der Waals surface area contributed by atoms with Crippen LogP contribution >= 0.6 is 0 Å². The number of piperidine rings is 1. The molecule has 1 aromatic carbocycles. The molecule has 6 rings (SSSR count). The van der Waals surface area contributed by atoms with Crippen LogP contribution in [0.3, 0.4) is 0 Å². The first kappa shape index (κ1) is 16.8. The molecule has 0 spiro atoms. The fourth-order valence-electron chi connectivity index (χ4n) is 4.85. The third-order valence-corrected chi connectivity index (χ3v) is 6.29. The third-order valence-electron chi connectivity index (χ3n) is 6.29. The highest BCUT2D eigenvalue weighted by atomic mass is 16.5. The standard InChI is InChI=1S/C22H23N5O2/c1-22(2)11-14-8-16(18(10-19(14)29-22)26-7-4-13-9-17(13)26)25-21(28)15-12-24-27-6-3-5-23-20(15)27/h3,5-6,8,10,12-13,17H,4,7,9,11H2,1-2H3,(H,25,28). The maximum absolute atomic E-state index is 13.1. The van der Waals surface area contributed by atoms with Gasteiger partial charge in [0.05, 0.1) is 17.6 Å². The number of rotatable bonds is 3. The minimum atomic E-state index is -0.221. The van der Waals surface area contributed by atoms with Crippen LogP contribution in [0.4, 0.5) is 11.4 Å². The van der Waals surface area contributed by atoms with E-state index in [1.807, 2.05) is 0 Å². The normalized spacial score (nSPS) is 23.6. The van der Waals surface area contributed by atoms with E-state index < -0.39 is 0 Å². The molecule has 4 heterocycles. The molecule has 0 bridgehead atoms. The highest BCUT2D eigenvalue weighted by Gasteiger charge is 2.48. The number of hydrogen-bond acceptors (Lipinski definition) is 5. The zero-order valence-corrected chi connectivity index (χ0v) is 16.6. The van der Waals surface area contributed by atoms with Crippen molar-refractivity contribution >= 4 is 22.9 Å². The summed E-state index contributed by atoms with van der Waals surface area (Å²) in [4.78, 5) is 19.9. The zero-order valence-electron chi connectivity index (χ0n) is 16.6. The average molecular weight is 389 g/mol. The maximum atomic E-state index is 13.1. The molecule has 2 aliphatic heterocycles. The van der Waals surface area contributed by atoms with Crippen LogP contribution in [0.5, 0.6) is 5.75 Å². The van der Waals surface area contributed by atoms with Crippen LogP contribution in [0, 0.1) is 5.92 Å². The van der Waals surface area contributed by atoms with Gasteiger partial charge in [0.2, 0.25) is 0 Å². The second-order valence-electron chi connectivity index (χ2n) is 8.96. The van der Waals surface area contributed by atoms with Crippen LogP contribution in [0.1, 0.15) is 42.6 Å². The van der Waals surface area contributed by atoms with Gasteiger partial charge in [0.15, 0.2) is 5.65 Å². The van der Waals surface area contributed by atoms with Gasteiger partial charge in [0, 0.05) is 43.0 Å². The van der Waals surface area contributed by atoms with Crippen molar-refractivity contribution in [3.63, 3.8) is 0 Å². The molecule has 29 heavy (non-hydrogen) atoms. The monoisotopic (exact) mass is 389 g/mol. The predicted molar refractivity (Wildman–Crippen MR) is 110 cm³/mol. The molecule has 1 saturated heterocycles. The molecule has 1 amide bonds. The molecular weight excluding hydrogens is 366 g/mol. The molecule has 148 valence electrons. The zero-order chi connectivity index (χ0) is 19.8. The minimum absolute atomic E-state index is 0.190. The molecule has 1 aliphatic carbocycles. The molecule has 3 aliphatic rings. The van der Waals surface area contributed by atoms with Crippen LogP contribution < -0.4 is 15.0 Å². The lowest BCUT2D eigenvalue weighted by Crippen LogP contribution is -2.25. The lowest BCUT2D eigenvalue weighted by molar-refractivity contribution is 0.102. The Morgan fingerprint density at radius 3 is 3.03 bits per heavy atom. The van der Waals surface area contributed by atoms with E-state index in [1.54, 1.807) is 29.2 Å². The van der Waals surface area contributed by atoms with Gasteiger partial charge < -0.3 is 15.0 Å². The summed E-state index contributed by atoms with van der Waals surface area (Å²) < 4.78 is 7.79. The van der Waals surface area contributed by atoms with Crippen LogP contribution in [0.15, 0.2) is 36.8 Å². The van der Waals surface area contributed by atoms with Gasteiger partial charge in [-0.15, -0.1) is 0 Å². The number of nitrogens with one attached hydrogen (secondary N) is 1. The lowest BCUT2D eigenvalue weighted by Gasteiger charge is -2.25. The summed E-state index contributed by atoms with van der Waals surface area (Å²) in [7, 11) is 0. The van der Waals surface area contributed by atoms with Crippen LogP contribution in [0.25, 0.3) is 5.65 Å². The molecule has 7 heteroatoms. The van der Waals surface area contributed by atoms with Crippen LogP contribution in [0.2, 0.25) is 0 Å². The van der Waals surface area contributed by atoms with Crippen molar-refractivity contribution < 1.29 is 9.53 Å². The van der Waals surface area contributed by atoms with Gasteiger partial charge >= 0.3 is 0 Å². The maximum Gasteiger partial charge on any atom is 0.261 e. The quantitative estimate of drug-likeness (QED) is 0.744. The Labute approximate surface area is 168 Å². The molecular formula is C22H23N5O2. The number of aromatic nitrogens is 3. The minimum Gasteiger partial charge on any atom is -0.487 e. The fourth-order valence-corrected chi connectivity index (χ4v) is 4.85. The molecule has 0 radical (unpaired) electrons. The Kier molecular flexibility index (Phi) is 3.32. The molecule has 2 atom stereocenters. The van der Waals surface area contributed by atoms with Crippen molar-refractivity contribution in [2.24, 2.45) is 5.92 Å². The lowest BCUT2D eigenvalue weighted by atomic mass is 10.0. The number of fused-ring (bicyclic) bond motifs is 3. The van der Waals surface area contributed by atoms with E-state index in [0.717, 1.165) is 41.6 Å². The second kappa shape index (κ2) is 5.72. The Bertz CT molecular complexity index is 1150. The number of benzene rings is 1. The summed E-state index contributed by atoms with van der Waals surface area (Å²) in [6.45, 7) is 5.23. The number of anilines is 2. The summed E-state index contributed by atoms with van der Waals surface area (Å²) >= 11 is 0. The molecule has 7 nitrogen and oxygen atoms in total. The topological polar surface area (TPSA) is 71.8 Å². The molecule has 2 unspecified atom stereocenters. The summed E-state index contributed by atoms with van der Waals surface area (Å²) in [6, 6.07) is 6.60. The van der Waals surface area contributed by atoms with Crippen molar-refractivity contribution in [1.29, 1.82) is 0 Å². The first-order chi connectivity index (χ1) is 14.0. The number of ether oxygens (including phenoxy) is 1. The number of carbonyl (C=O) groups is 1. The third kappa shape index (κ3) is 2.68. The van der Waals surface area contributed by atoms with E-state index in [1.165, 1.54) is 12.8 Å². The smallest absolute Gasteiger partial charge is 0.261 e. The summed E-state index contributed by atoms with van der Waals surface area (Å²) in [5.74, 6) is 1.54. The van der Waals surface area contributed by atoms with Crippen molar-refractivity contribution in [1.82, 2.24) is 14.6 Å². The summed E-state index contributed by atoms with van der Waals surface area (Å²) in [6.07, 6.45) is 8.33. The van der Waals surface area contributed by atoms with Crippen molar-refractivity contribution in [2.45, 2.75) is 44.8 Å². The molecule has 3 aromatic rings. The number of hydrogen-bond donors (Lipinski definition) is 1. The van der Waals surface area contributed by atoms with Gasteiger partial charge in [0.25, 0.3) is 5.91 Å². The van der Waals surface area contributed by atoms with E-state index in [4.69, 9.17) is 4.74 Å². The fraction of sp³-hybridized carbons (Fsp3) is 0.409. The van der Waals surface area contributed by atoms with Gasteiger partial charge in [-0.1, -0.05) is 0 Å². The summed E-state index contributed by atoms with van der Waals surface area (Å²) in [5.41, 5.74) is 3.85.